The molecular weight excluding hydrogens is 498 g/mol. The average molecular weight is 531 g/mol. The SMILES string of the molecule is COc1ccc2ncc(Cl)c([C@@H](F)CCC3(CC(=O)O)CCN(CCCc4ccc(F)cc4)CC3)c2c1. The van der Waals surface area contributed by atoms with Crippen LogP contribution in [0.5, 0.6) is 5.75 Å². The first-order valence-corrected chi connectivity index (χ1v) is 13.1. The Balaban J connectivity index is 1.38. The molecule has 0 unspecified atom stereocenters. The predicted molar refractivity (Wildman–Crippen MR) is 141 cm³/mol. The molecule has 0 saturated carbocycles. The maximum Gasteiger partial charge on any atom is 0.303 e. The fraction of sp³-hybridized carbons (Fsp3) is 0.448. The highest BCUT2D eigenvalue weighted by Gasteiger charge is 2.37. The number of carboxylic acid groups (broad SMARTS) is 1. The van der Waals surface area contributed by atoms with Crippen LogP contribution in [0.3, 0.4) is 0 Å². The number of hydrogen-bond acceptors (Lipinski definition) is 4. The number of carbonyl (C=O) groups is 1. The van der Waals surface area contributed by atoms with E-state index in [1.165, 1.54) is 18.3 Å². The Morgan fingerprint density at radius 3 is 2.62 bits per heavy atom. The second-order valence-corrected chi connectivity index (χ2v) is 10.5. The number of aromatic nitrogens is 1. The molecule has 1 N–H and O–H groups in total. The summed E-state index contributed by atoms with van der Waals surface area (Å²) in [5.74, 6) is -0.486. The van der Waals surface area contributed by atoms with Gasteiger partial charge in [0.15, 0.2) is 0 Å². The molecule has 1 aromatic heterocycles. The van der Waals surface area contributed by atoms with Crippen LogP contribution in [-0.2, 0) is 11.2 Å². The fourth-order valence-electron chi connectivity index (χ4n) is 5.44. The van der Waals surface area contributed by atoms with E-state index in [4.69, 9.17) is 16.3 Å². The number of fused-ring (bicyclic) bond motifs is 1. The highest BCUT2D eigenvalue weighted by atomic mass is 35.5. The fourth-order valence-corrected chi connectivity index (χ4v) is 5.70. The summed E-state index contributed by atoms with van der Waals surface area (Å²) in [5, 5.41) is 10.5. The molecule has 198 valence electrons. The summed E-state index contributed by atoms with van der Waals surface area (Å²) in [7, 11) is 1.55. The Morgan fingerprint density at radius 1 is 1.22 bits per heavy atom. The monoisotopic (exact) mass is 530 g/mol. The van der Waals surface area contributed by atoms with E-state index in [2.05, 4.69) is 9.88 Å². The average Bonchev–Trinajstić information content (AvgIpc) is 2.89. The van der Waals surface area contributed by atoms with Gasteiger partial charge < -0.3 is 14.7 Å². The first kappa shape index (κ1) is 27.3. The molecule has 5 nitrogen and oxygen atoms in total. The van der Waals surface area contributed by atoms with Gasteiger partial charge in [-0.25, -0.2) is 8.78 Å². The van der Waals surface area contributed by atoms with Crippen molar-refractivity contribution in [3.63, 3.8) is 0 Å². The third-order valence-corrected chi connectivity index (χ3v) is 7.91. The van der Waals surface area contributed by atoms with E-state index >= 15 is 4.39 Å². The van der Waals surface area contributed by atoms with Gasteiger partial charge in [-0.3, -0.25) is 9.78 Å². The zero-order chi connectivity index (χ0) is 26.4. The van der Waals surface area contributed by atoms with Gasteiger partial charge in [0.05, 0.1) is 24.1 Å². The number of pyridine rings is 1. The van der Waals surface area contributed by atoms with E-state index in [-0.39, 0.29) is 23.7 Å². The molecule has 2 aromatic carbocycles. The van der Waals surface area contributed by atoms with Crippen LogP contribution in [0, 0.1) is 11.2 Å². The molecule has 0 amide bonds. The number of carboxylic acids is 1. The van der Waals surface area contributed by atoms with Crippen LogP contribution in [0.25, 0.3) is 10.9 Å². The van der Waals surface area contributed by atoms with Crippen LogP contribution in [0.4, 0.5) is 8.78 Å². The number of aryl methyl sites for hydroxylation is 1. The maximum atomic E-state index is 15.7. The minimum Gasteiger partial charge on any atom is -0.497 e. The van der Waals surface area contributed by atoms with E-state index in [1.54, 1.807) is 25.3 Å². The molecule has 1 saturated heterocycles. The topological polar surface area (TPSA) is 62.7 Å². The smallest absolute Gasteiger partial charge is 0.303 e. The highest BCUT2D eigenvalue weighted by molar-refractivity contribution is 6.32. The number of halogens is 3. The summed E-state index contributed by atoms with van der Waals surface area (Å²) in [6, 6.07) is 11.9. The summed E-state index contributed by atoms with van der Waals surface area (Å²) in [5.41, 5.74) is 1.68. The largest absolute Gasteiger partial charge is 0.497 e. The van der Waals surface area contributed by atoms with Gasteiger partial charge in [-0.15, -0.1) is 0 Å². The second-order valence-electron chi connectivity index (χ2n) is 10.1. The number of ether oxygens (including phenoxy) is 1. The second kappa shape index (κ2) is 12.2. The van der Waals surface area contributed by atoms with Gasteiger partial charge in [0.2, 0.25) is 0 Å². The Kier molecular flexibility index (Phi) is 8.98. The number of hydrogen-bond donors (Lipinski definition) is 1. The van der Waals surface area contributed by atoms with E-state index in [1.807, 2.05) is 12.1 Å². The lowest BCUT2D eigenvalue weighted by Crippen LogP contribution is -2.41. The predicted octanol–water partition coefficient (Wildman–Crippen LogP) is 7.02. The zero-order valence-electron chi connectivity index (χ0n) is 21.1. The van der Waals surface area contributed by atoms with Crippen LogP contribution >= 0.6 is 11.6 Å². The van der Waals surface area contributed by atoms with Gasteiger partial charge in [-0.2, -0.15) is 0 Å². The van der Waals surface area contributed by atoms with Gasteiger partial charge in [0.1, 0.15) is 17.7 Å². The number of methoxy groups -OCH3 is 1. The molecule has 0 bridgehead atoms. The lowest BCUT2D eigenvalue weighted by atomic mass is 9.71. The molecule has 4 rings (SSSR count). The normalized spacial score (nSPS) is 16.5. The lowest BCUT2D eigenvalue weighted by Gasteiger charge is -2.41. The number of likely N-dealkylation sites (tertiary alicyclic amines) is 1. The van der Waals surface area contributed by atoms with Gasteiger partial charge in [0.25, 0.3) is 0 Å². The number of aliphatic carboxylic acids is 1. The van der Waals surface area contributed by atoms with E-state index in [0.29, 0.717) is 41.5 Å². The van der Waals surface area contributed by atoms with Crippen LogP contribution in [0.15, 0.2) is 48.7 Å². The minimum atomic E-state index is -1.34. The van der Waals surface area contributed by atoms with Crippen LogP contribution in [0.1, 0.15) is 55.8 Å². The van der Waals surface area contributed by atoms with Crippen molar-refractivity contribution in [3.8, 4) is 5.75 Å². The maximum absolute atomic E-state index is 15.7. The Bertz CT molecular complexity index is 1210. The molecule has 0 aliphatic carbocycles. The van der Waals surface area contributed by atoms with Crippen LogP contribution in [-0.4, -0.2) is 47.7 Å². The third kappa shape index (κ3) is 6.96. The first-order valence-electron chi connectivity index (χ1n) is 12.7. The Morgan fingerprint density at radius 2 is 1.95 bits per heavy atom. The summed E-state index contributed by atoms with van der Waals surface area (Å²) < 4.78 is 34.1. The summed E-state index contributed by atoms with van der Waals surface area (Å²) in [6.45, 7) is 2.46. The molecule has 0 radical (unpaired) electrons. The first-order chi connectivity index (χ1) is 17.8. The Hall–Kier alpha value is -2.77. The van der Waals surface area contributed by atoms with E-state index in [9.17, 15) is 14.3 Å². The van der Waals surface area contributed by atoms with E-state index < -0.39 is 17.6 Å². The van der Waals surface area contributed by atoms with Crippen molar-refractivity contribution >= 4 is 28.5 Å². The number of nitrogens with zero attached hydrogens (tertiary/aromatic N) is 2. The summed E-state index contributed by atoms with van der Waals surface area (Å²) >= 11 is 6.39. The molecule has 1 atom stereocenters. The lowest BCUT2D eigenvalue weighted by molar-refractivity contribution is -0.141. The summed E-state index contributed by atoms with van der Waals surface area (Å²) in [6.07, 6.45) is 4.04. The molecular formula is C29H33ClF2N2O3. The summed E-state index contributed by atoms with van der Waals surface area (Å²) in [4.78, 5) is 18.4. The molecule has 3 aromatic rings. The standard InChI is InChI=1S/C29H33ClF2N2O3/c1-37-22-8-9-26-23(17-22)28(24(30)19-33-26)25(32)10-11-29(18-27(35)36)12-15-34(16-13-29)14-2-3-20-4-6-21(31)7-5-20/h4-9,17,19,25H,2-3,10-16,18H2,1H3,(H,35,36)/t25-/m0/s1. The van der Waals surface area contributed by atoms with Crippen molar-refractivity contribution in [2.45, 2.75) is 51.1 Å². The number of piperidine rings is 1. The molecule has 0 spiro atoms. The quantitative estimate of drug-likeness (QED) is 0.289. The molecule has 8 heteroatoms. The Labute approximate surface area is 221 Å². The third-order valence-electron chi connectivity index (χ3n) is 7.61. The van der Waals surface area contributed by atoms with Crippen molar-refractivity contribution < 1.29 is 23.4 Å². The van der Waals surface area contributed by atoms with E-state index in [0.717, 1.165) is 38.0 Å². The number of alkyl halides is 1. The molecule has 37 heavy (non-hydrogen) atoms. The van der Waals surface area contributed by atoms with Gasteiger partial charge in [0, 0.05) is 17.1 Å². The zero-order valence-corrected chi connectivity index (χ0v) is 21.8. The van der Waals surface area contributed by atoms with Crippen molar-refractivity contribution in [2.24, 2.45) is 5.41 Å². The van der Waals surface area contributed by atoms with Crippen molar-refractivity contribution in [1.82, 2.24) is 9.88 Å². The van der Waals surface area contributed by atoms with Crippen molar-refractivity contribution in [2.75, 3.05) is 26.7 Å². The van der Waals surface area contributed by atoms with Crippen LogP contribution in [0.2, 0.25) is 5.02 Å². The van der Waals surface area contributed by atoms with Crippen molar-refractivity contribution in [3.05, 3.63) is 70.6 Å². The molecule has 1 aliphatic heterocycles. The molecule has 2 heterocycles. The number of rotatable bonds is 11. The highest BCUT2D eigenvalue weighted by Crippen LogP contribution is 2.44. The van der Waals surface area contributed by atoms with Crippen molar-refractivity contribution in [1.29, 1.82) is 0 Å². The van der Waals surface area contributed by atoms with Crippen LogP contribution < -0.4 is 4.74 Å². The number of benzene rings is 2. The molecule has 1 fully saturated rings. The molecule has 1 aliphatic rings. The van der Waals surface area contributed by atoms with Gasteiger partial charge >= 0.3 is 5.97 Å². The van der Waals surface area contributed by atoms with Gasteiger partial charge in [-0.05, 0) is 99.5 Å². The van der Waals surface area contributed by atoms with Gasteiger partial charge in [-0.1, -0.05) is 23.7 Å². The minimum absolute atomic E-state index is 0.0296.